The quantitative estimate of drug-likeness (QED) is 0.915. The van der Waals surface area contributed by atoms with Crippen LogP contribution in [0.1, 0.15) is 23.7 Å². The zero-order chi connectivity index (χ0) is 15.6. The summed E-state index contributed by atoms with van der Waals surface area (Å²) in [5.74, 6) is -1.85. The van der Waals surface area contributed by atoms with Crippen LogP contribution in [0.2, 0.25) is 5.02 Å². The maximum Gasteiger partial charge on any atom is 0.343 e. The number of pyridine rings is 1. The van der Waals surface area contributed by atoms with Gasteiger partial charge in [0.15, 0.2) is 0 Å². The SMILES string of the molecule is CCOc1ncc(C(=O)N2CCC(F)(C(=O)O)C2)cc1Cl. The molecule has 0 radical (unpaired) electrons. The van der Waals surface area contributed by atoms with E-state index in [4.69, 9.17) is 21.4 Å². The van der Waals surface area contributed by atoms with Crippen LogP contribution in [0.4, 0.5) is 4.39 Å². The van der Waals surface area contributed by atoms with Gasteiger partial charge in [-0.2, -0.15) is 0 Å². The first-order valence-corrected chi connectivity index (χ1v) is 6.75. The van der Waals surface area contributed by atoms with E-state index in [0.717, 1.165) is 4.90 Å². The normalized spacial score (nSPS) is 21.4. The Hall–Kier alpha value is -1.89. The van der Waals surface area contributed by atoms with Crippen molar-refractivity contribution in [3.05, 3.63) is 22.8 Å². The highest BCUT2D eigenvalue weighted by Gasteiger charge is 2.47. The van der Waals surface area contributed by atoms with Gasteiger partial charge < -0.3 is 14.7 Å². The van der Waals surface area contributed by atoms with Gasteiger partial charge in [-0.15, -0.1) is 0 Å². The molecule has 0 saturated carbocycles. The van der Waals surface area contributed by atoms with Crippen LogP contribution in [0.5, 0.6) is 5.88 Å². The van der Waals surface area contributed by atoms with Gasteiger partial charge in [0.25, 0.3) is 5.91 Å². The summed E-state index contributed by atoms with van der Waals surface area (Å²) < 4.78 is 19.1. The van der Waals surface area contributed by atoms with Crippen molar-refractivity contribution in [2.75, 3.05) is 19.7 Å². The minimum absolute atomic E-state index is 0.0342. The largest absolute Gasteiger partial charge is 0.479 e. The zero-order valence-electron chi connectivity index (χ0n) is 11.3. The molecule has 0 aliphatic carbocycles. The number of carbonyl (C=O) groups is 2. The van der Waals surface area contributed by atoms with Gasteiger partial charge in [-0.3, -0.25) is 4.79 Å². The van der Waals surface area contributed by atoms with Gasteiger partial charge in [0.2, 0.25) is 11.5 Å². The van der Waals surface area contributed by atoms with Crippen LogP contribution in [-0.4, -0.2) is 52.2 Å². The predicted octanol–water partition coefficient (Wildman–Crippen LogP) is 1.77. The molecule has 1 fully saturated rings. The molecular formula is C13H14ClFN2O4. The molecule has 0 bridgehead atoms. The number of alkyl halides is 1. The molecule has 1 aliphatic heterocycles. The number of carbonyl (C=O) groups excluding carboxylic acids is 1. The zero-order valence-corrected chi connectivity index (χ0v) is 12.1. The maximum absolute atomic E-state index is 14.0. The maximum atomic E-state index is 14.0. The average Bonchev–Trinajstić information content (AvgIpc) is 2.84. The molecule has 1 amide bonds. The number of nitrogens with zero attached hydrogens (tertiary/aromatic N) is 2. The van der Waals surface area contributed by atoms with Gasteiger partial charge in [0, 0.05) is 19.2 Å². The number of rotatable bonds is 4. The molecule has 0 spiro atoms. The highest BCUT2D eigenvalue weighted by atomic mass is 35.5. The summed E-state index contributed by atoms with van der Waals surface area (Å²) in [4.78, 5) is 28.1. The van der Waals surface area contributed by atoms with E-state index < -0.39 is 24.1 Å². The van der Waals surface area contributed by atoms with Gasteiger partial charge in [-0.05, 0) is 13.0 Å². The smallest absolute Gasteiger partial charge is 0.343 e. The van der Waals surface area contributed by atoms with E-state index in [0.29, 0.717) is 6.61 Å². The van der Waals surface area contributed by atoms with Crippen molar-refractivity contribution in [2.45, 2.75) is 19.0 Å². The third kappa shape index (κ3) is 3.07. The molecule has 2 heterocycles. The summed E-state index contributed by atoms with van der Waals surface area (Å²) in [6.45, 7) is 1.71. The van der Waals surface area contributed by atoms with Crippen molar-refractivity contribution >= 4 is 23.5 Å². The summed E-state index contributed by atoms with van der Waals surface area (Å²) in [5, 5.41) is 8.99. The molecule has 6 nitrogen and oxygen atoms in total. The Morgan fingerprint density at radius 3 is 2.86 bits per heavy atom. The van der Waals surface area contributed by atoms with Crippen molar-refractivity contribution in [1.82, 2.24) is 9.88 Å². The molecule has 1 N–H and O–H groups in total. The molecule has 1 unspecified atom stereocenters. The topological polar surface area (TPSA) is 79.7 Å². The minimum atomic E-state index is -2.39. The number of halogens is 2. The first-order valence-electron chi connectivity index (χ1n) is 6.37. The number of aromatic nitrogens is 1. The molecule has 21 heavy (non-hydrogen) atoms. The van der Waals surface area contributed by atoms with Crippen LogP contribution in [0.15, 0.2) is 12.3 Å². The van der Waals surface area contributed by atoms with Gasteiger partial charge in [-0.25, -0.2) is 14.2 Å². The Bertz CT molecular complexity index is 583. The first-order chi connectivity index (χ1) is 9.87. The molecule has 2 rings (SSSR count). The predicted molar refractivity (Wildman–Crippen MR) is 72.4 cm³/mol. The van der Waals surface area contributed by atoms with Gasteiger partial charge >= 0.3 is 5.97 Å². The highest BCUT2D eigenvalue weighted by molar-refractivity contribution is 6.32. The summed E-state index contributed by atoms with van der Waals surface area (Å²) in [6, 6.07) is 1.38. The number of hydrogen-bond donors (Lipinski definition) is 1. The van der Waals surface area contributed by atoms with Gasteiger partial charge in [0.1, 0.15) is 5.02 Å². The molecular weight excluding hydrogens is 303 g/mol. The monoisotopic (exact) mass is 316 g/mol. The summed E-state index contributed by atoms with van der Waals surface area (Å²) in [7, 11) is 0. The fraction of sp³-hybridized carbons (Fsp3) is 0.462. The highest BCUT2D eigenvalue weighted by Crippen LogP contribution is 2.28. The fourth-order valence-electron chi connectivity index (χ4n) is 2.09. The standard InChI is InChI=1S/C13H14ClFN2O4/c1-2-21-10-9(14)5-8(6-16-10)11(18)17-4-3-13(15,7-17)12(19)20/h5-6H,2-4,7H2,1H3,(H,19,20). The van der Waals surface area contributed by atoms with E-state index >= 15 is 0 Å². The van der Waals surface area contributed by atoms with E-state index in [-0.39, 0.29) is 29.4 Å². The fourth-order valence-corrected chi connectivity index (χ4v) is 2.31. The molecule has 8 heteroatoms. The number of ether oxygens (including phenoxy) is 1. The molecule has 1 atom stereocenters. The van der Waals surface area contributed by atoms with Crippen molar-refractivity contribution in [1.29, 1.82) is 0 Å². The minimum Gasteiger partial charge on any atom is -0.479 e. The lowest BCUT2D eigenvalue weighted by atomic mass is 10.1. The molecule has 1 aromatic rings. The van der Waals surface area contributed by atoms with Gasteiger partial charge in [-0.1, -0.05) is 11.6 Å². The first kappa shape index (κ1) is 15.5. The molecule has 114 valence electrons. The van der Waals surface area contributed by atoms with Crippen LogP contribution in [-0.2, 0) is 4.79 Å². The Kier molecular flexibility index (Phi) is 4.32. The number of hydrogen-bond acceptors (Lipinski definition) is 4. The number of amides is 1. The van der Waals surface area contributed by atoms with E-state index in [1.54, 1.807) is 6.92 Å². The molecule has 1 aliphatic rings. The van der Waals surface area contributed by atoms with Crippen molar-refractivity contribution in [3.63, 3.8) is 0 Å². The van der Waals surface area contributed by atoms with Crippen LogP contribution in [0.25, 0.3) is 0 Å². The second-order valence-corrected chi connectivity index (χ2v) is 5.10. The van der Waals surface area contributed by atoms with Crippen molar-refractivity contribution in [3.8, 4) is 5.88 Å². The van der Waals surface area contributed by atoms with E-state index in [1.165, 1.54) is 12.3 Å². The van der Waals surface area contributed by atoms with Crippen LogP contribution in [0.3, 0.4) is 0 Å². The molecule has 0 aromatic carbocycles. The summed E-state index contributed by atoms with van der Waals surface area (Å²) in [6.07, 6.45) is 1.05. The Morgan fingerprint density at radius 1 is 1.62 bits per heavy atom. The third-order valence-electron chi connectivity index (χ3n) is 3.23. The second-order valence-electron chi connectivity index (χ2n) is 4.69. The lowest BCUT2D eigenvalue weighted by Gasteiger charge is -2.18. The van der Waals surface area contributed by atoms with E-state index in [9.17, 15) is 14.0 Å². The van der Waals surface area contributed by atoms with Crippen LogP contribution >= 0.6 is 11.6 Å². The number of carboxylic acids is 1. The average molecular weight is 317 g/mol. The summed E-state index contributed by atoms with van der Waals surface area (Å²) >= 11 is 5.94. The van der Waals surface area contributed by atoms with Crippen molar-refractivity contribution in [2.24, 2.45) is 0 Å². The Labute approximate surface area is 125 Å². The van der Waals surface area contributed by atoms with Crippen molar-refractivity contribution < 1.29 is 23.8 Å². The third-order valence-corrected chi connectivity index (χ3v) is 3.50. The number of carboxylic acid groups (broad SMARTS) is 1. The second kappa shape index (κ2) is 5.85. The van der Waals surface area contributed by atoms with Crippen LogP contribution in [0, 0.1) is 0 Å². The lowest BCUT2D eigenvalue weighted by molar-refractivity contribution is -0.149. The molecule has 1 aromatic heterocycles. The summed E-state index contributed by atoms with van der Waals surface area (Å²) in [5.41, 5.74) is -2.23. The molecule has 1 saturated heterocycles. The Balaban J connectivity index is 2.15. The lowest BCUT2D eigenvalue weighted by Crippen LogP contribution is -2.38. The van der Waals surface area contributed by atoms with E-state index in [2.05, 4.69) is 4.98 Å². The van der Waals surface area contributed by atoms with E-state index in [1.807, 2.05) is 0 Å². The van der Waals surface area contributed by atoms with Gasteiger partial charge in [0.05, 0.1) is 18.7 Å². The Morgan fingerprint density at radius 2 is 2.33 bits per heavy atom. The van der Waals surface area contributed by atoms with Crippen LogP contribution < -0.4 is 4.74 Å². The number of aliphatic carboxylic acids is 1. The number of likely N-dealkylation sites (tertiary alicyclic amines) is 1.